The van der Waals surface area contributed by atoms with Gasteiger partial charge in [-0.1, -0.05) is 25.9 Å². The van der Waals surface area contributed by atoms with Gasteiger partial charge in [-0.2, -0.15) is 31.3 Å². The fourth-order valence-corrected chi connectivity index (χ4v) is 4.14. The topological polar surface area (TPSA) is 151 Å². The van der Waals surface area contributed by atoms with Gasteiger partial charge in [-0.15, -0.1) is 0 Å². The second-order valence-corrected chi connectivity index (χ2v) is 10.6. The van der Waals surface area contributed by atoms with Crippen molar-refractivity contribution in [3.05, 3.63) is 59.1 Å². The molecule has 2 amide bonds. The number of hydrogen-bond acceptors (Lipinski definition) is 8. The van der Waals surface area contributed by atoms with Crippen LogP contribution in [0.1, 0.15) is 62.2 Å². The van der Waals surface area contributed by atoms with E-state index in [9.17, 15) is 41.0 Å². The van der Waals surface area contributed by atoms with Gasteiger partial charge < -0.3 is 19.4 Å². The summed E-state index contributed by atoms with van der Waals surface area (Å²) >= 11 is 0. The molecule has 0 fully saturated rings. The van der Waals surface area contributed by atoms with Crippen LogP contribution in [0.2, 0.25) is 0 Å². The van der Waals surface area contributed by atoms with E-state index in [0.29, 0.717) is 12.1 Å². The van der Waals surface area contributed by atoms with Crippen LogP contribution in [0.5, 0.6) is 0 Å². The summed E-state index contributed by atoms with van der Waals surface area (Å²) < 4.78 is 89.7. The molecule has 0 saturated heterocycles. The van der Waals surface area contributed by atoms with E-state index in [-0.39, 0.29) is 48.4 Å². The highest BCUT2D eigenvalue weighted by Gasteiger charge is 2.39. The van der Waals surface area contributed by atoms with Gasteiger partial charge in [0.25, 0.3) is 11.8 Å². The first-order valence-corrected chi connectivity index (χ1v) is 12.5. The fourth-order valence-electron chi connectivity index (χ4n) is 4.14. The van der Waals surface area contributed by atoms with Gasteiger partial charge in [0.1, 0.15) is 6.10 Å². The SMILES string of the molecule is CC(C)(C)[C@H](NC(=O)[C@H](CCCc1cc(C(F)(F)F)cc(C(F)(F)F)c1)[C@H](O)C(=O)NO)c1noc(-c2ccco2)n1. The van der Waals surface area contributed by atoms with Crippen molar-refractivity contribution in [3.8, 4) is 11.7 Å². The van der Waals surface area contributed by atoms with Crippen LogP contribution in [0.3, 0.4) is 0 Å². The van der Waals surface area contributed by atoms with Gasteiger partial charge in [0, 0.05) is 0 Å². The van der Waals surface area contributed by atoms with Crippen LogP contribution in [0.4, 0.5) is 26.3 Å². The van der Waals surface area contributed by atoms with Crippen molar-refractivity contribution in [2.45, 2.75) is 64.5 Å². The number of halogens is 6. The quantitative estimate of drug-likeness (QED) is 0.142. The van der Waals surface area contributed by atoms with Crippen LogP contribution in [-0.2, 0) is 28.4 Å². The zero-order chi connectivity index (χ0) is 31.5. The molecule has 3 rings (SSSR count). The highest BCUT2D eigenvalue weighted by atomic mass is 19.4. The lowest BCUT2D eigenvalue weighted by Gasteiger charge is -2.31. The molecule has 0 bridgehead atoms. The predicted molar refractivity (Wildman–Crippen MR) is 131 cm³/mol. The molecule has 0 spiro atoms. The van der Waals surface area contributed by atoms with Gasteiger partial charge in [-0.3, -0.25) is 14.8 Å². The number of nitrogens with zero attached hydrogens (tertiary/aromatic N) is 2. The van der Waals surface area contributed by atoms with E-state index in [1.165, 1.54) is 11.7 Å². The first-order valence-electron chi connectivity index (χ1n) is 12.5. The number of hydroxylamine groups is 1. The van der Waals surface area contributed by atoms with Gasteiger partial charge in [0.15, 0.2) is 11.6 Å². The Labute approximate surface area is 235 Å². The Balaban J connectivity index is 1.83. The van der Waals surface area contributed by atoms with E-state index < -0.39 is 58.8 Å². The van der Waals surface area contributed by atoms with E-state index in [1.807, 2.05) is 0 Å². The van der Waals surface area contributed by atoms with Crippen LogP contribution < -0.4 is 10.8 Å². The zero-order valence-corrected chi connectivity index (χ0v) is 22.5. The summed E-state index contributed by atoms with van der Waals surface area (Å²) in [6.07, 6.45) is -11.7. The number of alkyl halides is 6. The molecule has 0 saturated carbocycles. The molecule has 0 aliphatic rings. The number of amides is 2. The Hall–Kier alpha value is -3.92. The molecule has 2 heterocycles. The van der Waals surface area contributed by atoms with Crippen molar-refractivity contribution in [1.82, 2.24) is 20.9 Å². The van der Waals surface area contributed by atoms with Crippen molar-refractivity contribution >= 4 is 11.8 Å². The summed E-state index contributed by atoms with van der Waals surface area (Å²) in [7, 11) is 0. The number of nitrogens with one attached hydrogen (secondary N) is 2. The smallest absolute Gasteiger partial charge is 0.416 e. The van der Waals surface area contributed by atoms with Crippen LogP contribution in [0.25, 0.3) is 11.7 Å². The summed E-state index contributed by atoms with van der Waals surface area (Å²) in [6, 6.07) is 3.31. The van der Waals surface area contributed by atoms with Gasteiger partial charge in [-0.05, 0) is 60.6 Å². The first-order chi connectivity index (χ1) is 19.4. The minimum Gasteiger partial charge on any atom is -0.459 e. The van der Waals surface area contributed by atoms with Gasteiger partial charge in [0.2, 0.25) is 5.91 Å². The Bertz CT molecular complexity index is 1330. The lowest BCUT2D eigenvalue weighted by Crippen LogP contribution is -2.48. The van der Waals surface area contributed by atoms with E-state index in [0.717, 1.165) is 0 Å². The highest BCUT2D eigenvalue weighted by Crippen LogP contribution is 2.37. The van der Waals surface area contributed by atoms with Crippen LogP contribution in [0.15, 0.2) is 45.5 Å². The van der Waals surface area contributed by atoms with Crippen LogP contribution >= 0.6 is 0 Å². The minimum absolute atomic E-state index is 0.00301. The number of hydrogen-bond donors (Lipinski definition) is 4. The molecule has 42 heavy (non-hydrogen) atoms. The first kappa shape index (κ1) is 32.6. The van der Waals surface area contributed by atoms with Gasteiger partial charge in [0.05, 0.1) is 29.3 Å². The fraction of sp³-hybridized carbons (Fsp3) is 0.462. The Kier molecular flexibility index (Phi) is 9.72. The number of rotatable bonds is 10. The van der Waals surface area contributed by atoms with E-state index >= 15 is 0 Å². The van der Waals surface area contributed by atoms with Crippen molar-refractivity contribution in [2.75, 3.05) is 0 Å². The summed E-state index contributed by atoms with van der Waals surface area (Å²) in [6.45, 7) is 5.16. The number of aliphatic hydroxyl groups excluding tert-OH is 1. The van der Waals surface area contributed by atoms with Crippen molar-refractivity contribution < 1.29 is 55.2 Å². The number of carbonyl (C=O) groups excluding carboxylic acids is 2. The third kappa shape index (κ3) is 8.09. The molecule has 0 aliphatic heterocycles. The summed E-state index contributed by atoms with van der Waals surface area (Å²) in [5, 5.41) is 26.0. The molecule has 0 radical (unpaired) electrons. The Morgan fingerprint density at radius 3 is 2.12 bits per heavy atom. The summed E-state index contributed by atoms with van der Waals surface area (Å²) in [4.78, 5) is 29.6. The molecule has 3 aromatic rings. The Morgan fingerprint density at radius 1 is 1.00 bits per heavy atom. The summed E-state index contributed by atoms with van der Waals surface area (Å²) in [5.41, 5.74) is -2.85. The third-order valence-corrected chi connectivity index (χ3v) is 6.31. The van der Waals surface area contributed by atoms with Gasteiger partial charge >= 0.3 is 12.4 Å². The molecular formula is C26H28F6N4O6. The second-order valence-electron chi connectivity index (χ2n) is 10.6. The standard InChI is InChI=1S/C26H28F6N4O6/c1-24(2,3)19(20-34-23(42-36-20)17-8-5-9-41-17)33-21(38)16(18(37)22(39)35-40)7-4-6-13-10-14(25(27,28)29)12-15(11-13)26(30,31)32/h5,8-12,16,18-19,37,40H,4,6-7H2,1-3H3,(H,33,38)(H,35,39)/t16-,18+,19-/m1/s1. The molecule has 3 atom stereocenters. The number of aliphatic hydroxyl groups is 1. The molecular weight excluding hydrogens is 578 g/mol. The van der Waals surface area contributed by atoms with Crippen molar-refractivity contribution in [3.63, 3.8) is 0 Å². The lowest BCUT2D eigenvalue weighted by molar-refractivity contribution is -0.146. The zero-order valence-electron chi connectivity index (χ0n) is 22.5. The lowest BCUT2D eigenvalue weighted by atomic mass is 9.85. The number of aromatic nitrogens is 2. The molecule has 230 valence electrons. The largest absolute Gasteiger partial charge is 0.459 e. The summed E-state index contributed by atoms with van der Waals surface area (Å²) in [5.74, 6) is -3.56. The molecule has 4 N–H and O–H groups in total. The number of furan rings is 1. The maximum absolute atomic E-state index is 13.3. The van der Waals surface area contributed by atoms with E-state index in [4.69, 9.17) is 14.1 Å². The number of benzene rings is 1. The van der Waals surface area contributed by atoms with E-state index in [2.05, 4.69) is 15.5 Å². The van der Waals surface area contributed by atoms with Crippen LogP contribution in [0, 0.1) is 11.3 Å². The monoisotopic (exact) mass is 606 g/mol. The third-order valence-electron chi connectivity index (χ3n) is 6.31. The molecule has 10 nitrogen and oxygen atoms in total. The predicted octanol–water partition coefficient (Wildman–Crippen LogP) is 5.08. The average Bonchev–Trinajstić information content (AvgIpc) is 3.59. The molecule has 1 aromatic carbocycles. The average molecular weight is 607 g/mol. The Morgan fingerprint density at radius 2 is 1.62 bits per heavy atom. The molecule has 16 heteroatoms. The highest BCUT2D eigenvalue weighted by molar-refractivity contribution is 5.88. The van der Waals surface area contributed by atoms with E-state index in [1.54, 1.807) is 32.9 Å². The maximum Gasteiger partial charge on any atom is 0.416 e. The number of aryl methyl sites for hydroxylation is 1. The minimum atomic E-state index is -5.04. The maximum atomic E-state index is 13.3. The van der Waals surface area contributed by atoms with Crippen molar-refractivity contribution in [2.24, 2.45) is 11.3 Å². The number of carbonyl (C=O) groups is 2. The molecule has 2 aromatic heterocycles. The molecule has 0 unspecified atom stereocenters. The van der Waals surface area contributed by atoms with Gasteiger partial charge in [-0.25, -0.2) is 5.48 Å². The molecule has 0 aliphatic carbocycles. The van der Waals surface area contributed by atoms with Crippen molar-refractivity contribution in [1.29, 1.82) is 0 Å². The second kappa shape index (κ2) is 12.5. The van der Waals surface area contributed by atoms with Crippen LogP contribution in [-0.4, -0.2) is 38.4 Å². The normalized spacial score (nSPS) is 14.7.